The molecule has 0 radical (unpaired) electrons. The van der Waals surface area contributed by atoms with E-state index in [2.05, 4.69) is 0 Å². The van der Waals surface area contributed by atoms with Crippen molar-refractivity contribution >= 4 is 21.4 Å². The van der Waals surface area contributed by atoms with Gasteiger partial charge in [-0.1, -0.05) is 6.07 Å². The molecule has 2 rings (SSSR count). The molecule has 0 saturated heterocycles. The third-order valence-electron chi connectivity index (χ3n) is 3.16. The van der Waals surface area contributed by atoms with Gasteiger partial charge < -0.3 is 5.73 Å². The Morgan fingerprint density at radius 2 is 2.00 bits per heavy atom. The predicted molar refractivity (Wildman–Crippen MR) is 71.0 cm³/mol. The molecule has 8 heteroatoms. The van der Waals surface area contributed by atoms with Crippen molar-refractivity contribution in [3.63, 3.8) is 0 Å². The summed E-state index contributed by atoms with van der Waals surface area (Å²) in [7, 11) is -3.73. The maximum absolute atomic E-state index is 12.1. The minimum Gasteiger partial charge on any atom is -0.399 e. The number of nitrogens with two attached hydrogens (primary N) is 1. The lowest BCUT2D eigenvalue weighted by Gasteiger charge is -2.20. The van der Waals surface area contributed by atoms with Gasteiger partial charge in [0.25, 0.3) is 0 Å². The Balaban J connectivity index is 2.11. The molecule has 112 valence electrons. The zero-order valence-electron chi connectivity index (χ0n) is 10.7. The summed E-state index contributed by atoms with van der Waals surface area (Å²) in [5, 5.41) is 0. The van der Waals surface area contributed by atoms with Gasteiger partial charge in [-0.2, -0.15) is 13.2 Å². The first-order chi connectivity index (χ1) is 9.19. The van der Waals surface area contributed by atoms with E-state index in [1.807, 2.05) is 0 Å². The highest BCUT2D eigenvalue weighted by Gasteiger charge is 2.32. The van der Waals surface area contributed by atoms with Crippen molar-refractivity contribution in [1.82, 2.24) is 0 Å². The smallest absolute Gasteiger partial charge is 0.389 e. The Hall–Kier alpha value is -1.44. The molecule has 1 heterocycles. The quantitative estimate of drug-likeness (QED) is 0.868. The van der Waals surface area contributed by atoms with Crippen LogP contribution in [-0.2, 0) is 16.4 Å². The molecule has 0 aromatic heterocycles. The number of sulfonamides is 1. The van der Waals surface area contributed by atoms with Gasteiger partial charge in [-0.15, -0.1) is 0 Å². The maximum Gasteiger partial charge on any atom is 0.389 e. The fraction of sp³-hybridized carbons (Fsp3) is 0.500. The van der Waals surface area contributed by atoms with Crippen molar-refractivity contribution in [3.8, 4) is 0 Å². The summed E-state index contributed by atoms with van der Waals surface area (Å²) in [6.45, 7) is 0.257. The average Bonchev–Trinajstić information content (AvgIpc) is 2.70. The van der Waals surface area contributed by atoms with Crippen LogP contribution in [0.3, 0.4) is 0 Å². The number of rotatable bonds is 4. The van der Waals surface area contributed by atoms with Crippen molar-refractivity contribution in [3.05, 3.63) is 23.8 Å². The molecule has 0 saturated carbocycles. The van der Waals surface area contributed by atoms with Crippen LogP contribution < -0.4 is 10.0 Å². The third-order valence-corrected chi connectivity index (χ3v) is 5.02. The molecule has 0 unspecified atom stereocenters. The van der Waals surface area contributed by atoms with Crippen LogP contribution in [0.5, 0.6) is 0 Å². The number of hydrogen-bond donors (Lipinski definition) is 1. The summed E-state index contributed by atoms with van der Waals surface area (Å²) in [5.41, 5.74) is 7.38. The molecule has 0 spiro atoms. The molecule has 0 amide bonds. The number of halogens is 3. The van der Waals surface area contributed by atoms with E-state index in [1.165, 1.54) is 0 Å². The van der Waals surface area contributed by atoms with E-state index in [9.17, 15) is 21.6 Å². The third kappa shape index (κ3) is 3.36. The molecular formula is C12H15F3N2O2S. The van der Waals surface area contributed by atoms with Gasteiger partial charge >= 0.3 is 6.18 Å². The minimum atomic E-state index is -4.33. The summed E-state index contributed by atoms with van der Waals surface area (Å²) < 4.78 is 61.6. The Morgan fingerprint density at radius 3 is 2.65 bits per heavy atom. The fourth-order valence-electron chi connectivity index (χ4n) is 2.22. The van der Waals surface area contributed by atoms with Gasteiger partial charge in [0.05, 0.1) is 11.4 Å². The number of nitrogen functional groups attached to an aromatic ring is 1. The lowest BCUT2D eigenvalue weighted by molar-refractivity contribution is -0.134. The van der Waals surface area contributed by atoms with E-state index in [0.717, 1.165) is 9.87 Å². The second-order valence-corrected chi connectivity index (χ2v) is 6.76. The lowest BCUT2D eigenvalue weighted by Crippen LogP contribution is -2.31. The normalized spacial score (nSPS) is 15.4. The standard InChI is InChI=1S/C12H15F3N2O2S/c13-12(14,15)5-1-7-20(18,19)17-6-4-9-2-3-10(16)8-11(9)17/h2-3,8H,1,4-7,16H2. The van der Waals surface area contributed by atoms with Crippen LogP contribution in [0.25, 0.3) is 0 Å². The van der Waals surface area contributed by atoms with Gasteiger partial charge in [0.15, 0.2) is 0 Å². The summed E-state index contributed by atoms with van der Waals surface area (Å²) in [5.74, 6) is -0.513. The Bertz CT molecular complexity index is 599. The second-order valence-electron chi connectivity index (χ2n) is 4.75. The Morgan fingerprint density at radius 1 is 1.30 bits per heavy atom. The molecule has 0 fully saturated rings. The molecule has 4 nitrogen and oxygen atoms in total. The van der Waals surface area contributed by atoms with Gasteiger partial charge in [0.1, 0.15) is 0 Å². The summed E-state index contributed by atoms with van der Waals surface area (Å²) >= 11 is 0. The summed E-state index contributed by atoms with van der Waals surface area (Å²) in [6, 6.07) is 4.97. The highest BCUT2D eigenvalue weighted by molar-refractivity contribution is 7.92. The first-order valence-electron chi connectivity index (χ1n) is 6.15. The lowest BCUT2D eigenvalue weighted by atomic mass is 10.1. The topological polar surface area (TPSA) is 63.4 Å². The van der Waals surface area contributed by atoms with E-state index in [4.69, 9.17) is 5.73 Å². The van der Waals surface area contributed by atoms with E-state index in [0.29, 0.717) is 17.8 Å². The van der Waals surface area contributed by atoms with E-state index >= 15 is 0 Å². The Labute approximate surface area is 115 Å². The molecule has 2 N–H and O–H groups in total. The van der Waals surface area contributed by atoms with Crippen molar-refractivity contribution in [2.45, 2.75) is 25.4 Å². The van der Waals surface area contributed by atoms with E-state index in [-0.39, 0.29) is 6.54 Å². The maximum atomic E-state index is 12.1. The zero-order chi connectivity index (χ0) is 15.0. The van der Waals surface area contributed by atoms with Crippen LogP contribution in [0.4, 0.5) is 24.5 Å². The zero-order valence-corrected chi connectivity index (χ0v) is 11.5. The molecule has 1 aromatic carbocycles. The second kappa shape index (κ2) is 5.16. The number of nitrogens with zero attached hydrogens (tertiary/aromatic N) is 1. The SMILES string of the molecule is Nc1ccc2c(c1)N(S(=O)(=O)CCCC(F)(F)F)CC2. The van der Waals surface area contributed by atoms with Crippen molar-refractivity contribution in [2.75, 3.05) is 22.3 Å². The largest absolute Gasteiger partial charge is 0.399 e. The first-order valence-corrected chi connectivity index (χ1v) is 7.75. The highest BCUT2D eigenvalue weighted by Crippen LogP contribution is 2.32. The summed E-state index contributed by atoms with van der Waals surface area (Å²) in [4.78, 5) is 0. The molecule has 20 heavy (non-hydrogen) atoms. The molecule has 0 atom stereocenters. The van der Waals surface area contributed by atoms with Crippen LogP contribution in [0.15, 0.2) is 18.2 Å². The summed E-state index contributed by atoms with van der Waals surface area (Å²) in [6.07, 6.45) is -5.30. The van der Waals surface area contributed by atoms with E-state index < -0.39 is 34.8 Å². The molecule has 0 aliphatic carbocycles. The van der Waals surface area contributed by atoms with Crippen molar-refractivity contribution in [2.24, 2.45) is 0 Å². The van der Waals surface area contributed by atoms with Gasteiger partial charge in [-0.3, -0.25) is 4.31 Å². The Kier molecular flexibility index (Phi) is 3.86. The highest BCUT2D eigenvalue weighted by atomic mass is 32.2. The van der Waals surface area contributed by atoms with Crippen LogP contribution in [0.2, 0.25) is 0 Å². The van der Waals surface area contributed by atoms with Crippen LogP contribution in [-0.4, -0.2) is 26.9 Å². The van der Waals surface area contributed by atoms with Crippen molar-refractivity contribution in [1.29, 1.82) is 0 Å². The van der Waals surface area contributed by atoms with Crippen LogP contribution in [0.1, 0.15) is 18.4 Å². The minimum absolute atomic E-state index is 0.257. The monoisotopic (exact) mass is 308 g/mol. The number of benzene rings is 1. The fourth-order valence-corrected chi connectivity index (χ4v) is 3.79. The van der Waals surface area contributed by atoms with Gasteiger partial charge in [-0.25, -0.2) is 8.42 Å². The first kappa shape index (κ1) is 15.0. The van der Waals surface area contributed by atoms with Crippen LogP contribution in [0, 0.1) is 0 Å². The van der Waals surface area contributed by atoms with Gasteiger partial charge in [-0.05, 0) is 30.5 Å². The van der Waals surface area contributed by atoms with Gasteiger partial charge in [0, 0.05) is 18.7 Å². The number of anilines is 2. The van der Waals surface area contributed by atoms with E-state index in [1.54, 1.807) is 18.2 Å². The molecule has 1 aliphatic rings. The van der Waals surface area contributed by atoms with Gasteiger partial charge in [0.2, 0.25) is 10.0 Å². The predicted octanol–water partition coefficient (Wildman–Crippen LogP) is 2.30. The number of alkyl halides is 3. The number of hydrogen-bond acceptors (Lipinski definition) is 3. The molecule has 0 bridgehead atoms. The van der Waals surface area contributed by atoms with Crippen LogP contribution >= 0.6 is 0 Å². The average molecular weight is 308 g/mol. The molecular weight excluding hydrogens is 293 g/mol. The van der Waals surface area contributed by atoms with Crippen molar-refractivity contribution < 1.29 is 21.6 Å². The number of fused-ring (bicyclic) bond motifs is 1. The molecule has 1 aromatic rings. The molecule has 1 aliphatic heterocycles.